The standard InChI is InChI=1S/C19H24F3NO5/c1-3-27-17(25)23-12-7-10-15(11-13-23)28-16(24)18(26-2,19(20,21)22)14-8-5-4-6-9-14/h4-6,8-9,15H,3,7,10-13H2,1-2H3. The second-order valence-electron chi connectivity index (χ2n) is 6.39. The number of ether oxygens (including phenoxy) is 3. The van der Waals surface area contributed by atoms with Gasteiger partial charge in [-0.15, -0.1) is 0 Å². The quantitative estimate of drug-likeness (QED) is 0.703. The summed E-state index contributed by atoms with van der Waals surface area (Å²) in [4.78, 5) is 26.0. The molecule has 0 aromatic heterocycles. The van der Waals surface area contributed by atoms with Gasteiger partial charge in [0, 0.05) is 32.2 Å². The van der Waals surface area contributed by atoms with Crippen LogP contribution in [0.5, 0.6) is 0 Å². The molecule has 1 heterocycles. The van der Waals surface area contributed by atoms with E-state index in [2.05, 4.69) is 0 Å². The van der Waals surface area contributed by atoms with Crippen molar-refractivity contribution in [2.24, 2.45) is 0 Å². The van der Waals surface area contributed by atoms with Crippen molar-refractivity contribution in [2.75, 3.05) is 26.8 Å². The molecule has 1 aliphatic heterocycles. The van der Waals surface area contributed by atoms with Gasteiger partial charge in [0.25, 0.3) is 5.60 Å². The molecule has 156 valence electrons. The Balaban J connectivity index is 2.17. The molecule has 0 aliphatic carbocycles. The average Bonchev–Trinajstić information content (AvgIpc) is 2.88. The molecule has 0 radical (unpaired) electrons. The smallest absolute Gasteiger partial charge is 0.432 e. The zero-order valence-electron chi connectivity index (χ0n) is 15.8. The summed E-state index contributed by atoms with van der Waals surface area (Å²) in [5.41, 5.74) is -3.56. The molecule has 9 heteroatoms. The van der Waals surface area contributed by atoms with Gasteiger partial charge in [0.15, 0.2) is 0 Å². The molecule has 0 spiro atoms. The molecule has 28 heavy (non-hydrogen) atoms. The molecule has 6 nitrogen and oxygen atoms in total. The van der Waals surface area contributed by atoms with Crippen molar-refractivity contribution in [1.82, 2.24) is 4.90 Å². The molecule has 1 aliphatic rings. The first-order valence-corrected chi connectivity index (χ1v) is 9.06. The zero-order valence-corrected chi connectivity index (χ0v) is 15.8. The van der Waals surface area contributed by atoms with Crippen LogP contribution >= 0.6 is 0 Å². The van der Waals surface area contributed by atoms with Gasteiger partial charge in [-0.05, 0) is 19.8 Å². The highest BCUT2D eigenvalue weighted by Crippen LogP contribution is 2.43. The lowest BCUT2D eigenvalue weighted by atomic mass is 9.92. The highest BCUT2D eigenvalue weighted by molar-refractivity contribution is 5.82. The van der Waals surface area contributed by atoms with Crippen LogP contribution in [0.3, 0.4) is 0 Å². The lowest BCUT2D eigenvalue weighted by Gasteiger charge is -2.33. The Labute approximate surface area is 161 Å². The van der Waals surface area contributed by atoms with Crippen LogP contribution in [-0.4, -0.2) is 56.0 Å². The second-order valence-corrected chi connectivity index (χ2v) is 6.39. The Bertz CT molecular complexity index is 667. The molecule has 0 N–H and O–H groups in total. The van der Waals surface area contributed by atoms with Gasteiger partial charge in [0.2, 0.25) is 0 Å². The fourth-order valence-corrected chi connectivity index (χ4v) is 3.20. The van der Waals surface area contributed by atoms with E-state index >= 15 is 0 Å². The predicted octanol–water partition coefficient (Wildman–Crippen LogP) is 3.64. The van der Waals surface area contributed by atoms with Crippen molar-refractivity contribution < 1.29 is 37.0 Å². The van der Waals surface area contributed by atoms with Crippen LogP contribution in [0.1, 0.15) is 31.7 Å². The van der Waals surface area contributed by atoms with Crippen LogP contribution < -0.4 is 0 Å². The van der Waals surface area contributed by atoms with Gasteiger partial charge in [-0.2, -0.15) is 13.2 Å². The van der Waals surface area contributed by atoms with Crippen molar-refractivity contribution in [1.29, 1.82) is 0 Å². The number of hydrogen-bond donors (Lipinski definition) is 0. The topological polar surface area (TPSA) is 65.1 Å². The fraction of sp³-hybridized carbons (Fsp3) is 0.579. The van der Waals surface area contributed by atoms with Gasteiger partial charge in [0.1, 0.15) is 6.10 Å². The average molecular weight is 403 g/mol. The number of hydrogen-bond acceptors (Lipinski definition) is 5. The molecule has 0 bridgehead atoms. The van der Waals surface area contributed by atoms with Crippen LogP contribution in [0.25, 0.3) is 0 Å². The summed E-state index contributed by atoms with van der Waals surface area (Å²) in [6.07, 6.45) is -5.21. The molecule has 2 atom stereocenters. The van der Waals surface area contributed by atoms with Crippen molar-refractivity contribution in [2.45, 2.75) is 44.1 Å². The number of likely N-dealkylation sites (tertiary alicyclic amines) is 1. The summed E-state index contributed by atoms with van der Waals surface area (Å²) >= 11 is 0. The van der Waals surface area contributed by atoms with E-state index in [1.54, 1.807) is 13.0 Å². The SMILES string of the molecule is CCOC(=O)N1CCCC(OC(=O)C(OC)(c2ccccc2)C(F)(F)F)CC1. The minimum atomic E-state index is -5.01. The lowest BCUT2D eigenvalue weighted by molar-refractivity contribution is -0.278. The summed E-state index contributed by atoms with van der Waals surface area (Å²) in [5.74, 6) is -1.51. The number of amides is 1. The van der Waals surface area contributed by atoms with Crippen LogP contribution in [0.4, 0.5) is 18.0 Å². The normalized spacial score (nSPS) is 20.0. The Morgan fingerprint density at radius 2 is 1.82 bits per heavy atom. The monoisotopic (exact) mass is 403 g/mol. The third-order valence-electron chi connectivity index (χ3n) is 4.65. The highest BCUT2D eigenvalue weighted by Gasteiger charge is 2.64. The first-order valence-electron chi connectivity index (χ1n) is 9.06. The number of halogens is 3. The lowest BCUT2D eigenvalue weighted by Crippen LogP contribution is -2.52. The van der Waals surface area contributed by atoms with E-state index in [4.69, 9.17) is 14.2 Å². The predicted molar refractivity (Wildman–Crippen MR) is 93.5 cm³/mol. The molecular formula is C19H24F3NO5. The van der Waals surface area contributed by atoms with Gasteiger partial charge in [0.05, 0.1) is 6.61 Å². The van der Waals surface area contributed by atoms with E-state index < -0.39 is 29.9 Å². The summed E-state index contributed by atoms with van der Waals surface area (Å²) in [5, 5.41) is 0. The summed E-state index contributed by atoms with van der Waals surface area (Å²) < 4.78 is 56.6. The number of carbonyl (C=O) groups excluding carboxylic acids is 2. The molecule has 1 fully saturated rings. The molecule has 1 aromatic carbocycles. The molecule has 0 saturated carbocycles. The van der Waals surface area contributed by atoms with E-state index in [0.717, 1.165) is 7.11 Å². The zero-order chi connectivity index (χ0) is 20.8. The highest BCUT2D eigenvalue weighted by atomic mass is 19.4. The number of benzene rings is 1. The maximum atomic E-state index is 13.9. The van der Waals surface area contributed by atoms with Crippen molar-refractivity contribution in [3.63, 3.8) is 0 Å². The maximum Gasteiger partial charge on any atom is 0.432 e. The van der Waals surface area contributed by atoms with Gasteiger partial charge < -0.3 is 19.1 Å². The fourth-order valence-electron chi connectivity index (χ4n) is 3.20. The third-order valence-corrected chi connectivity index (χ3v) is 4.65. The minimum Gasteiger partial charge on any atom is -0.460 e. The van der Waals surface area contributed by atoms with Gasteiger partial charge in [-0.3, -0.25) is 0 Å². The Morgan fingerprint density at radius 3 is 2.39 bits per heavy atom. The van der Waals surface area contributed by atoms with E-state index in [1.807, 2.05) is 0 Å². The maximum absolute atomic E-state index is 13.9. The van der Waals surface area contributed by atoms with E-state index in [1.165, 1.54) is 29.2 Å². The van der Waals surface area contributed by atoms with Crippen LogP contribution in [-0.2, 0) is 24.6 Å². The van der Waals surface area contributed by atoms with Gasteiger partial charge in [-0.25, -0.2) is 9.59 Å². The number of rotatable bonds is 5. The van der Waals surface area contributed by atoms with Gasteiger partial charge >= 0.3 is 18.2 Å². The number of methoxy groups -OCH3 is 1. The van der Waals surface area contributed by atoms with Gasteiger partial charge in [-0.1, -0.05) is 30.3 Å². The van der Waals surface area contributed by atoms with Crippen molar-refractivity contribution in [3.05, 3.63) is 35.9 Å². The third kappa shape index (κ3) is 4.57. The Hall–Kier alpha value is -2.29. The molecular weight excluding hydrogens is 379 g/mol. The summed E-state index contributed by atoms with van der Waals surface area (Å²) in [6, 6.07) is 6.68. The molecule has 1 aromatic rings. The Kier molecular flexibility index (Phi) is 7.29. The first-order chi connectivity index (χ1) is 13.3. The number of alkyl halides is 3. The summed E-state index contributed by atoms with van der Waals surface area (Å²) in [6.45, 7) is 2.53. The minimum absolute atomic E-state index is 0.219. The molecule has 2 unspecified atom stereocenters. The molecule has 1 saturated heterocycles. The van der Waals surface area contributed by atoms with E-state index in [9.17, 15) is 22.8 Å². The van der Waals surface area contributed by atoms with Crippen molar-refractivity contribution >= 4 is 12.1 Å². The van der Waals surface area contributed by atoms with Crippen molar-refractivity contribution in [3.8, 4) is 0 Å². The van der Waals surface area contributed by atoms with Crippen LogP contribution in [0.2, 0.25) is 0 Å². The largest absolute Gasteiger partial charge is 0.460 e. The molecule has 2 rings (SSSR count). The van der Waals surface area contributed by atoms with E-state index in [-0.39, 0.29) is 25.1 Å². The van der Waals surface area contributed by atoms with Crippen LogP contribution in [0.15, 0.2) is 30.3 Å². The Morgan fingerprint density at radius 1 is 1.14 bits per heavy atom. The molecule has 1 amide bonds. The van der Waals surface area contributed by atoms with Crippen LogP contribution in [0, 0.1) is 0 Å². The number of carbonyl (C=O) groups is 2. The second kappa shape index (κ2) is 9.27. The number of nitrogens with zero attached hydrogens (tertiary/aromatic N) is 1. The van der Waals surface area contributed by atoms with E-state index in [0.29, 0.717) is 19.4 Å². The number of esters is 1. The summed E-state index contributed by atoms with van der Waals surface area (Å²) in [7, 11) is 0.831. The first kappa shape index (κ1) is 22.0.